The zero-order valence-corrected chi connectivity index (χ0v) is 12.9. The van der Waals surface area contributed by atoms with Gasteiger partial charge in [0, 0.05) is 17.5 Å². The van der Waals surface area contributed by atoms with E-state index in [1.165, 1.54) is 24.3 Å². The van der Waals surface area contributed by atoms with Crippen LogP contribution in [0.2, 0.25) is 0 Å². The fraction of sp³-hybridized carbons (Fsp3) is 0.333. The minimum absolute atomic E-state index is 0.174. The van der Waals surface area contributed by atoms with Gasteiger partial charge in [-0.1, -0.05) is 23.3 Å². The molecule has 120 valence electrons. The van der Waals surface area contributed by atoms with Gasteiger partial charge in [-0.25, -0.2) is 4.39 Å². The first-order valence-electron chi connectivity index (χ1n) is 7.55. The normalized spacial score (nSPS) is 28.0. The van der Waals surface area contributed by atoms with Crippen molar-refractivity contribution >= 4 is 17.6 Å². The zero-order chi connectivity index (χ0) is 16.7. The Hall–Kier alpha value is -2.43. The number of allylic oxidation sites excluding steroid dienone is 4. The number of carbonyl (C=O) groups excluding carboxylic acids is 1. The summed E-state index contributed by atoms with van der Waals surface area (Å²) in [5, 5.41) is 12.3. The van der Waals surface area contributed by atoms with E-state index < -0.39 is 17.8 Å². The number of halogens is 1. The van der Waals surface area contributed by atoms with Gasteiger partial charge in [-0.15, -0.1) is 0 Å². The highest BCUT2D eigenvalue weighted by atomic mass is 19.1. The standard InChI is InChI=1S/C18H18FNO3/c1-9(2)14-12-7-8-13(14)16(18(22)23)15(12)17(21)20-11-5-3-10(19)4-6-11/h3-8,12-13,15-16H,1-2H3,(H,20,21)(H,22,23)/t12-,13-,15-,16-/m1/s1. The average Bonchev–Trinajstić information content (AvgIpc) is 3.05. The van der Waals surface area contributed by atoms with Crippen LogP contribution < -0.4 is 5.32 Å². The number of benzene rings is 1. The molecule has 4 atom stereocenters. The van der Waals surface area contributed by atoms with E-state index in [4.69, 9.17) is 0 Å². The summed E-state index contributed by atoms with van der Waals surface area (Å²) in [4.78, 5) is 24.3. The number of nitrogens with one attached hydrogen (secondary N) is 1. The number of carbonyl (C=O) groups is 2. The Morgan fingerprint density at radius 3 is 2.13 bits per heavy atom. The fourth-order valence-electron chi connectivity index (χ4n) is 3.80. The van der Waals surface area contributed by atoms with Gasteiger partial charge in [-0.05, 0) is 38.1 Å². The molecule has 1 aromatic rings. The minimum Gasteiger partial charge on any atom is -0.481 e. The monoisotopic (exact) mass is 315 g/mol. The van der Waals surface area contributed by atoms with E-state index >= 15 is 0 Å². The fourth-order valence-corrected chi connectivity index (χ4v) is 3.80. The van der Waals surface area contributed by atoms with Crippen molar-refractivity contribution in [3.63, 3.8) is 0 Å². The lowest BCUT2D eigenvalue weighted by Gasteiger charge is -2.23. The maximum Gasteiger partial charge on any atom is 0.308 e. The SMILES string of the molecule is CC(C)=C1[C@H]2C=C[C@H]1[C@@H](C(=O)Nc1ccc(F)cc1)[C@@H]2C(=O)O. The molecule has 2 N–H and O–H groups in total. The summed E-state index contributed by atoms with van der Waals surface area (Å²) in [6.07, 6.45) is 3.83. The van der Waals surface area contributed by atoms with Gasteiger partial charge in [-0.2, -0.15) is 0 Å². The van der Waals surface area contributed by atoms with Gasteiger partial charge >= 0.3 is 5.97 Å². The third-order valence-corrected chi connectivity index (χ3v) is 4.68. The van der Waals surface area contributed by atoms with Crippen molar-refractivity contribution in [2.45, 2.75) is 13.8 Å². The van der Waals surface area contributed by atoms with E-state index in [0.29, 0.717) is 5.69 Å². The third kappa shape index (κ3) is 2.56. The molecule has 2 aliphatic carbocycles. The van der Waals surface area contributed by atoms with Crippen molar-refractivity contribution in [3.8, 4) is 0 Å². The first-order chi connectivity index (χ1) is 10.9. The molecule has 1 amide bonds. The molecule has 2 aliphatic rings. The predicted molar refractivity (Wildman–Crippen MR) is 84.1 cm³/mol. The minimum atomic E-state index is -0.958. The van der Waals surface area contributed by atoms with Crippen LogP contribution in [0.5, 0.6) is 0 Å². The second-order valence-electron chi connectivity index (χ2n) is 6.28. The molecular formula is C18H18FNO3. The van der Waals surface area contributed by atoms with Crippen LogP contribution in [0.15, 0.2) is 47.6 Å². The van der Waals surface area contributed by atoms with Gasteiger partial charge in [0.25, 0.3) is 0 Å². The summed E-state index contributed by atoms with van der Waals surface area (Å²) >= 11 is 0. The Bertz CT molecular complexity index is 716. The Kier molecular flexibility index (Phi) is 3.80. The number of amides is 1. The Labute approximate surface area is 133 Å². The van der Waals surface area contributed by atoms with Gasteiger partial charge in [0.2, 0.25) is 5.91 Å². The van der Waals surface area contributed by atoms with Crippen molar-refractivity contribution < 1.29 is 19.1 Å². The van der Waals surface area contributed by atoms with Crippen molar-refractivity contribution in [1.29, 1.82) is 0 Å². The highest BCUT2D eigenvalue weighted by Crippen LogP contribution is 2.53. The number of carboxylic acid groups (broad SMARTS) is 1. The van der Waals surface area contributed by atoms with Crippen LogP contribution in [0.4, 0.5) is 10.1 Å². The highest BCUT2D eigenvalue weighted by molar-refractivity contribution is 5.97. The Morgan fingerprint density at radius 2 is 1.61 bits per heavy atom. The van der Waals surface area contributed by atoms with E-state index in [0.717, 1.165) is 11.1 Å². The number of fused-ring (bicyclic) bond motifs is 2. The van der Waals surface area contributed by atoms with Gasteiger partial charge in [-0.3, -0.25) is 9.59 Å². The second kappa shape index (κ2) is 5.65. The summed E-state index contributed by atoms with van der Waals surface area (Å²) in [6.45, 7) is 3.89. The molecule has 5 heteroatoms. The van der Waals surface area contributed by atoms with Gasteiger partial charge in [0.15, 0.2) is 0 Å². The summed E-state index contributed by atoms with van der Waals surface area (Å²) in [7, 11) is 0. The summed E-state index contributed by atoms with van der Waals surface area (Å²) in [5.41, 5.74) is 2.57. The van der Waals surface area contributed by atoms with Crippen LogP contribution in [0.1, 0.15) is 13.8 Å². The van der Waals surface area contributed by atoms with Crippen molar-refractivity contribution in [3.05, 3.63) is 53.4 Å². The molecule has 1 fully saturated rings. The Morgan fingerprint density at radius 1 is 1.04 bits per heavy atom. The molecule has 0 saturated heterocycles. The maximum atomic E-state index is 12.9. The molecular weight excluding hydrogens is 297 g/mol. The van der Waals surface area contributed by atoms with Crippen LogP contribution in [0, 0.1) is 29.5 Å². The highest BCUT2D eigenvalue weighted by Gasteiger charge is 2.54. The van der Waals surface area contributed by atoms with Crippen LogP contribution in [0.3, 0.4) is 0 Å². The van der Waals surface area contributed by atoms with Crippen molar-refractivity contribution in [1.82, 2.24) is 0 Å². The lowest BCUT2D eigenvalue weighted by molar-refractivity contribution is -0.146. The lowest BCUT2D eigenvalue weighted by atomic mass is 9.82. The summed E-state index contributed by atoms with van der Waals surface area (Å²) < 4.78 is 12.9. The molecule has 23 heavy (non-hydrogen) atoms. The smallest absolute Gasteiger partial charge is 0.308 e. The molecule has 1 saturated carbocycles. The van der Waals surface area contributed by atoms with E-state index in [1.54, 1.807) is 0 Å². The summed E-state index contributed by atoms with van der Waals surface area (Å²) in [6, 6.07) is 5.45. The van der Waals surface area contributed by atoms with Crippen molar-refractivity contribution in [2.24, 2.45) is 23.7 Å². The molecule has 1 aromatic carbocycles. The first kappa shape index (κ1) is 15.5. The number of hydrogen-bond donors (Lipinski definition) is 2. The topological polar surface area (TPSA) is 66.4 Å². The molecule has 0 heterocycles. The van der Waals surface area contributed by atoms with Gasteiger partial charge in [0.05, 0.1) is 11.8 Å². The first-order valence-corrected chi connectivity index (χ1v) is 7.55. The second-order valence-corrected chi connectivity index (χ2v) is 6.28. The molecule has 0 radical (unpaired) electrons. The van der Waals surface area contributed by atoms with Gasteiger partial charge < -0.3 is 10.4 Å². The predicted octanol–water partition coefficient (Wildman–Crippen LogP) is 3.23. The van der Waals surface area contributed by atoms with Gasteiger partial charge in [0.1, 0.15) is 5.82 Å². The molecule has 0 aromatic heterocycles. The number of anilines is 1. The van der Waals surface area contributed by atoms with Crippen LogP contribution >= 0.6 is 0 Å². The molecule has 4 nitrogen and oxygen atoms in total. The number of carboxylic acids is 1. The van der Waals surface area contributed by atoms with Crippen LogP contribution in [0.25, 0.3) is 0 Å². The van der Waals surface area contributed by atoms with Crippen LogP contribution in [-0.4, -0.2) is 17.0 Å². The van der Waals surface area contributed by atoms with E-state index in [1.807, 2.05) is 26.0 Å². The van der Waals surface area contributed by atoms with E-state index in [2.05, 4.69) is 5.32 Å². The number of aliphatic carboxylic acids is 1. The Balaban J connectivity index is 1.89. The third-order valence-electron chi connectivity index (χ3n) is 4.68. The quantitative estimate of drug-likeness (QED) is 0.842. The molecule has 0 aliphatic heterocycles. The van der Waals surface area contributed by atoms with Crippen LogP contribution in [-0.2, 0) is 9.59 Å². The molecule has 0 spiro atoms. The maximum absolute atomic E-state index is 12.9. The molecule has 0 unspecified atom stereocenters. The number of rotatable bonds is 3. The van der Waals surface area contributed by atoms with Crippen molar-refractivity contribution in [2.75, 3.05) is 5.32 Å². The number of hydrogen-bond acceptors (Lipinski definition) is 2. The van der Waals surface area contributed by atoms with E-state index in [-0.39, 0.29) is 23.6 Å². The average molecular weight is 315 g/mol. The zero-order valence-electron chi connectivity index (χ0n) is 12.9. The molecule has 2 bridgehead atoms. The van der Waals surface area contributed by atoms with E-state index in [9.17, 15) is 19.1 Å². The molecule has 3 rings (SSSR count). The lowest BCUT2D eigenvalue weighted by Crippen LogP contribution is -2.36. The summed E-state index contributed by atoms with van der Waals surface area (Å²) in [5.74, 6) is -3.47. The largest absolute Gasteiger partial charge is 0.481 e.